The van der Waals surface area contributed by atoms with Crippen LogP contribution >= 0.6 is 0 Å². The number of carbonyl (C=O) groups is 2. The second-order valence-electron chi connectivity index (χ2n) is 4.17. The molecule has 0 aliphatic heterocycles. The van der Waals surface area contributed by atoms with E-state index in [1.54, 1.807) is 18.2 Å². The van der Waals surface area contributed by atoms with Crippen molar-refractivity contribution >= 4 is 17.6 Å². The van der Waals surface area contributed by atoms with Crippen molar-refractivity contribution in [2.75, 3.05) is 11.9 Å². The van der Waals surface area contributed by atoms with Gasteiger partial charge in [-0.15, -0.1) is 0 Å². The first-order chi connectivity index (χ1) is 9.11. The topological polar surface area (TPSA) is 75.6 Å². The molecule has 104 valence electrons. The van der Waals surface area contributed by atoms with Crippen LogP contribution in [0.25, 0.3) is 0 Å². The highest BCUT2D eigenvalue weighted by molar-refractivity contribution is 5.91. The van der Waals surface area contributed by atoms with E-state index >= 15 is 0 Å². The number of ether oxygens (including phenoxy) is 1. The molecule has 0 radical (unpaired) electrons. The number of anilines is 1. The number of benzene rings is 1. The standard InChI is InChI=1S/C14H19NO4/c1-2-9-19-12-6-3-5-11(10-12)15-13(16)7-4-8-14(17)18/h3,5-6,10H,2,4,7-9H2,1H3,(H,15,16)(H,17,18). The predicted molar refractivity (Wildman–Crippen MR) is 72.3 cm³/mol. The summed E-state index contributed by atoms with van der Waals surface area (Å²) in [5.41, 5.74) is 0.661. The normalized spacial score (nSPS) is 9.95. The van der Waals surface area contributed by atoms with Crippen LogP contribution in [0.3, 0.4) is 0 Å². The van der Waals surface area contributed by atoms with E-state index < -0.39 is 5.97 Å². The summed E-state index contributed by atoms with van der Waals surface area (Å²) in [5, 5.41) is 11.2. The molecule has 0 saturated carbocycles. The van der Waals surface area contributed by atoms with Gasteiger partial charge >= 0.3 is 5.97 Å². The second-order valence-corrected chi connectivity index (χ2v) is 4.17. The zero-order chi connectivity index (χ0) is 14.1. The van der Waals surface area contributed by atoms with E-state index in [9.17, 15) is 9.59 Å². The van der Waals surface area contributed by atoms with Gasteiger partial charge in [0.15, 0.2) is 0 Å². The third kappa shape index (κ3) is 6.45. The third-order valence-electron chi connectivity index (χ3n) is 2.39. The second kappa shape index (κ2) is 8.13. The molecule has 0 unspecified atom stereocenters. The minimum Gasteiger partial charge on any atom is -0.494 e. The van der Waals surface area contributed by atoms with Crippen molar-refractivity contribution in [3.8, 4) is 5.75 Å². The van der Waals surface area contributed by atoms with Crippen molar-refractivity contribution in [2.45, 2.75) is 32.6 Å². The van der Waals surface area contributed by atoms with Crippen molar-refractivity contribution in [1.82, 2.24) is 0 Å². The van der Waals surface area contributed by atoms with Crippen molar-refractivity contribution in [3.05, 3.63) is 24.3 Å². The van der Waals surface area contributed by atoms with Crippen molar-refractivity contribution in [2.24, 2.45) is 0 Å². The molecule has 1 aromatic carbocycles. The van der Waals surface area contributed by atoms with Gasteiger partial charge < -0.3 is 15.2 Å². The molecule has 0 atom stereocenters. The van der Waals surface area contributed by atoms with E-state index in [0.29, 0.717) is 24.5 Å². The number of carboxylic acids is 1. The number of hydrogen-bond donors (Lipinski definition) is 2. The van der Waals surface area contributed by atoms with E-state index in [4.69, 9.17) is 9.84 Å². The summed E-state index contributed by atoms with van der Waals surface area (Å²) in [6, 6.07) is 7.16. The molecule has 5 nitrogen and oxygen atoms in total. The number of amides is 1. The Morgan fingerprint density at radius 1 is 1.32 bits per heavy atom. The Kier molecular flexibility index (Phi) is 6.43. The number of aliphatic carboxylic acids is 1. The quantitative estimate of drug-likeness (QED) is 0.757. The minimum atomic E-state index is -0.886. The molecule has 0 heterocycles. The maximum Gasteiger partial charge on any atom is 0.303 e. The van der Waals surface area contributed by atoms with Gasteiger partial charge in [0.25, 0.3) is 0 Å². The first kappa shape index (κ1) is 15.0. The van der Waals surface area contributed by atoms with Gasteiger partial charge in [0.1, 0.15) is 5.75 Å². The van der Waals surface area contributed by atoms with E-state index in [0.717, 1.165) is 6.42 Å². The molecule has 0 aliphatic carbocycles. The molecule has 2 N–H and O–H groups in total. The Labute approximate surface area is 112 Å². The molecule has 0 fully saturated rings. The number of hydrogen-bond acceptors (Lipinski definition) is 3. The highest BCUT2D eigenvalue weighted by atomic mass is 16.5. The first-order valence-corrected chi connectivity index (χ1v) is 6.36. The zero-order valence-electron chi connectivity index (χ0n) is 11.0. The monoisotopic (exact) mass is 265 g/mol. The molecule has 0 spiro atoms. The summed E-state index contributed by atoms with van der Waals surface area (Å²) in [4.78, 5) is 21.9. The van der Waals surface area contributed by atoms with Crippen LogP contribution in [0.15, 0.2) is 24.3 Å². The fraction of sp³-hybridized carbons (Fsp3) is 0.429. The number of carboxylic acid groups (broad SMARTS) is 1. The van der Waals surface area contributed by atoms with Crippen LogP contribution in [0.1, 0.15) is 32.6 Å². The predicted octanol–water partition coefficient (Wildman–Crippen LogP) is 2.67. The highest BCUT2D eigenvalue weighted by Crippen LogP contribution is 2.17. The van der Waals surface area contributed by atoms with Gasteiger partial charge in [0, 0.05) is 24.6 Å². The fourth-order valence-electron chi connectivity index (χ4n) is 1.51. The Hall–Kier alpha value is -2.04. The van der Waals surface area contributed by atoms with E-state index in [-0.39, 0.29) is 18.7 Å². The molecule has 1 aromatic rings. The van der Waals surface area contributed by atoms with Crippen LogP contribution < -0.4 is 10.1 Å². The average molecular weight is 265 g/mol. The summed E-state index contributed by atoms with van der Waals surface area (Å²) >= 11 is 0. The van der Waals surface area contributed by atoms with Gasteiger partial charge in [-0.05, 0) is 25.0 Å². The van der Waals surface area contributed by atoms with Crippen LogP contribution in [0.4, 0.5) is 5.69 Å². The summed E-state index contributed by atoms with van der Waals surface area (Å²) < 4.78 is 5.46. The lowest BCUT2D eigenvalue weighted by Gasteiger charge is -2.08. The van der Waals surface area contributed by atoms with Crippen molar-refractivity contribution in [1.29, 1.82) is 0 Å². The van der Waals surface area contributed by atoms with Gasteiger partial charge in [0.05, 0.1) is 6.61 Å². The Bertz CT molecular complexity index is 431. The van der Waals surface area contributed by atoms with Gasteiger partial charge in [-0.2, -0.15) is 0 Å². The average Bonchev–Trinajstić information content (AvgIpc) is 2.36. The molecule has 0 aliphatic rings. The first-order valence-electron chi connectivity index (χ1n) is 6.36. The smallest absolute Gasteiger partial charge is 0.303 e. The molecule has 0 aromatic heterocycles. The van der Waals surface area contributed by atoms with Crippen LogP contribution in [0, 0.1) is 0 Å². The maximum atomic E-state index is 11.6. The number of rotatable bonds is 8. The van der Waals surface area contributed by atoms with E-state index in [2.05, 4.69) is 5.32 Å². The Morgan fingerprint density at radius 3 is 2.79 bits per heavy atom. The molecule has 0 bridgehead atoms. The lowest BCUT2D eigenvalue weighted by molar-refractivity contribution is -0.137. The van der Waals surface area contributed by atoms with Gasteiger partial charge in [-0.1, -0.05) is 13.0 Å². The SMILES string of the molecule is CCCOc1cccc(NC(=O)CCCC(=O)O)c1. The van der Waals surface area contributed by atoms with Gasteiger partial charge in [0.2, 0.25) is 5.91 Å². The highest BCUT2D eigenvalue weighted by Gasteiger charge is 2.05. The molecule has 1 amide bonds. The largest absolute Gasteiger partial charge is 0.494 e. The van der Waals surface area contributed by atoms with E-state index in [1.165, 1.54) is 0 Å². The maximum absolute atomic E-state index is 11.6. The number of carbonyl (C=O) groups excluding carboxylic acids is 1. The molecular formula is C14H19NO4. The summed E-state index contributed by atoms with van der Waals surface area (Å²) in [5.74, 6) is -0.359. The van der Waals surface area contributed by atoms with Crippen molar-refractivity contribution < 1.29 is 19.4 Å². The minimum absolute atomic E-state index is 0.00701. The summed E-state index contributed by atoms with van der Waals surface area (Å²) in [6.07, 6.45) is 1.47. The van der Waals surface area contributed by atoms with Crippen LogP contribution in [0.5, 0.6) is 5.75 Å². The summed E-state index contributed by atoms with van der Waals surface area (Å²) in [7, 11) is 0. The molecule has 1 rings (SSSR count). The van der Waals surface area contributed by atoms with Crippen molar-refractivity contribution in [3.63, 3.8) is 0 Å². The molecule has 5 heteroatoms. The zero-order valence-corrected chi connectivity index (χ0v) is 11.0. The lowest BCUT2D eigenvalue weighted by Crippen LogP contribution is -2.12. The number of nitrogens with one attached hydrogen (secondary N) is 1. The molecular weight excluding hydrogens is 246 g/mol. The molecule has 19 heavy (non-hydrogen) atoms. The Balaban J connectivity index is 2.42. The molecule has 0 saturated heterocycles. The van der Waals surface area contributed by atoms with E-state index in [1.807, 2.05) is 13.0 Å². The van der Waals surface area contributed by atoms with Crippen LogP contribution in [-0.2, 0) is 9.59 Å². The third-order valence-corrected chi connectivity index (χ3v) is 2.39. The summed E-state index contributed by atoms with van der Waals surface area (Å²) in [6.45, 7) is 2.66. The fourth-order valence-corrected chi connectivity index (χ4v) is 1.51. The lowest BCUT2D eigenvalue weighted by atomic mass is 10.2. The van der Waals surface area contributed by atoms with Crippen LogP contribution in [-0.4, -0.2) is 23.6 Å². The Morgan fingerprint density at radius 2 is 2.11 bits per heavy atom. The van der Waals surface area contributed by atoms with Crippen LogP contribution in [0.2, 0.25) is 0 Å². The van der Waals surface area contributed by atoms with Gasteiger partial charge in [-0.25, -0.2) is 0 Å². The van der Waals surface area contributed by atoms with Gasteiger partial charge in [-0.3, -0.25) is 9.59 Å².